The van der Waals surface area contributed by atoms with Crippen LogP contribution in [0.25, 0.3) is 17.1 Å². The largest absolute Gasteiger partial charge is 0.508 e. The third-order valence-corrected chi connectivity index (χ3v) is 18.8. The summed E-state index contributed by atoms with van der Waals surface area (Å²) in [5.74, 6) is -5.05. The van der Waals surface area contributed by atoms with Gasteiger partial charge < -0.3 is 36.4 Å². The molecule has 3 unspecified atom stereocenters. The number of nitro benzene ring substituents is 3. The number of benzene rings is 6. The summed E-state index contributed by atoms with van der Waals surface area (Å²) in [4.78, 5) is 122. The highest BCUT2D eigenvalue weighted by Gasteiger charge is 2.51. The maximum absolute atomic E-state index is 13.4. The molecule has 9 aliphatic rings. The van der Waals surface area contributed by atoms with Crippen molar-refractivity contribution in [1.29, 1.82) is 0 Å². The fourth-order valence-electron chi connectivity index (χ4n) is 15.0. The van der Waals surface area contributed by atoms with Crippen LogP contribution in [-0.4, -0.2) is 75.9 Å². The van der Waals surface area contributed by atoms with Crippen molar-refractivity contribution in [3.8, 4) is 17.2 Å². The lowest BCUT2D eigenvalue weighted by Crippen LogP contribution is -2.37. The molecule has 6 aromatic carbocycles. The third kappa shape index (κ3) is 11.5. The lowest BCUT2D eigenvalue weighted by Gasteiger charge is -2.39. The van der Waals surface area contributed by atoms with Crippen LogP contribution in [0.1, 0.15) is 169 Å². The predicted octanol–water partition coefficient (Wildman–Crippen LogP) is 12.8. The fourth-order valence-corrected chi connectivity index (χ4v) is 15.0. The molecule has 23 nitrogen and oxygen atoms in total. The number of rotatable bonds is 6. The number of ketones is 6. The van der Waals surface area contributed by atoms with Crippen LogP contribution < -0.4 is 16.0 Å². The second-order valence-corrected chi connectivity index (χ2v) is 27.7. The number of nitrogens with one attached hydrogen (secondary N) is 3. The number of carbonyl (C=O) groups is 7. The Morgan fingerprint density at radius 2 is 0.619 bits per heavy atom. The van der Waals surface area contributed by atoms with E-state index >= 15 is 0 Å². The van der Waals surface area contributed by atoms with Gasteiger partial charge in [0.15, 0.2) is 34.7 Å². The number of carboxylic acid groups (broad SMARTS) is 1. The molecule has 3 aliphatic heterocycles. The maximum atomic E-state index is 13.4. The van der Waals surface area contributed by atoms with Gasteiger partial charge in [0.05, 0.1) is 31.9 Å². The van der Waals surface area contributed by atoms with E-state index in [1.165, 1.54) is 54.6 Å². The monoisotopic (exact) mass is 1310 g/mol. The average Bonchev–Trinajstić information content (AvgIpc) is 1.64. The lowest BCUT2D eigenvalue weighted by atomic mass is 9.68. The lowest BCUT2D eigenvalue weighted by molar-refractivity contribution is -0.385. The molecule has 7 N–H and O–H groups in total. The molecule has 3 heterocycles. The summed E-state index contributed by atoms with van der Waals surface area (Å²) in [6.07, 6.45) is 2.66. The number of aliphatic carboxylic acids is 1. The van der Waals surface area contributed by atoms with Gasteiger partial charge in [-0.2, -0.15) is 0 Å². The normalized spacial score (nSPS) is 20.8. The Hall–Kier alpha value is -11.8. The summed E-state index contributed by atoms with van der Waals surface area (Å²) in [7, 11) is 0. The number of non-ortho nitro benzene ring substituents is 3. The molecule has 0 aromatic heterocycles. The van der Waals surface area contributed by atoms with Crippen LogP contribution in [0.5, 0.6) is 17.2 Å². The Morgan fingerprint density at radius 3 is 0.845 bits per heavy atom. The van der Waals surface area contributed by atoms with Crippen LogP contribution >= 0.6 is 0 Å². The number of hydrogen-bond acceptors (Lipinski definition) is 19. The summed E-state index contributed by atoms with van der Waals surface area (Å²) in [6, 6.07) is 32.7. The molecule has 6 aliphatic carbocycles. The van der Waals surface area contributed by atoms with Gasteiger partial charge in [-0.25, -0.2) is 0 Å². The Morgan fingerprint density at radius 1 is 0.392 bits per heavy atom. The van der Waals surface area contributed by atoms with E-state index in [9.17, 15) is 74.4 Å². The number of carboxylic acids is 1. The van der Waals surface area contributed by atoms with E-state index in [-0.39, 0.29) is 102 Å². The number of nitrogens with zero attached hydrogens (tertiary/aromatic N) is 3. The first kappa shape index (κ1) is 65.3. The highest BCUT2D eigenvalue weighted by atomic mass is 16.6. The zero-order chi connectivity index (χ0) is 69.8. The number of allylic oxidation sites excluding steroid dienone is 9. The molecule has 492 valence electrons. The molecule has 23 heteroatoms. The molecule has 0 radical (unpaired) electrons. The number of phenols is 3. The van der Waals surface area contributed by atoms with Gasteiger partial charge in [-0.3, -0.25) is 63.9 Å². The van der Waals surface area contributed by atoms with Gasteiger partial charge in [0, 0.05) is 181 Å². The van der Waals surface area contributed by atoms with Crippen LogP contribution in [0.2, 0.25) is 0 Å². The van der Waals surface area contributed by atoms with Crippen molar-refractivity contribution >= 4 is 74.8 Å². The van der Waals surface area contributed by atoms with Crippen LogP contribution in [0.15, 0.2) is 178 Å². The highest BCUT2D eigenvalue weighted by molar-refractivity contribution is 6.26. The predicted molar refractivity (Wildman–Crippen MR) is 353 cm³/mol. The van der Waals surface area contributed by atoms with Gasteiger partial charge in [-0.05, 0) is 53.7 Å². The number of phenolic OH excluding ortho intramolecular Hbond substituents is 3. The first-order valence-corrected chi connectivity index (χ1v) is 31.1. The summed E-state index contributed by atoms with van der Waals surface area (Å²) < 4.78 is 0. The van der Waals surface area contributed by atoms with Crippen LogP contribution in [-0.2, 0) is 19.2 Å². The van der Waals surface area contributed by atoms with Gasteiger partial charge in [0.1, 0.15) is 17.2 Å². The van der Waals surface area contributed by atoms with E-state index in [0.717, 1.165) is 23.6 Å². The molecule has 6 aromatic rings. The topological polar surface area (TPSA) is 366 Å². The summed E-state index contributed by atoms with van der Waals surface area (Å²) in [5, 5.41) is 83.7. The van der Waals surface area contributed by atoms with E-state index in [1.807, 2.05) is 77.9 Å². The van der Waals surface area contributed by atoms with E-state index in [1.54, 1.807) is 36.4 Å². The van der Waals surface area contributed by atoms with E-state index < -0.39 is 38.5 Å². The minimum atomic E-state index is -0.866. The van der Waals surface area contributed by atoms with Crippen molar-refractivity contribution in [3.63, 3.8) is 0 Å². The smallest absolute Gasteiger partial charge is 0.300 e. The van der Waals surface area contributed by atoms with E-state index in [2.05, 4.69) is 16.0 Å². The summed E-state index contributed by atoms with van der Waals surface area (Å²) in [6.45, 7) is 13.1. The fraction of sp³-hybridized carbons (Fsp3) is 0.257. The van der Waals surface area contributed by atoms with Crippen molar-refractivity contribution in [3.05, 3.63) is 258 Å². The number of aromatic hydroxyl groups is 3. The molecular weight excluding hydrogens is 1240 g/mol. The van der Waals surface area contributed by atoms with Gasteiger partial charge >= 0.3 is 0 Å². The minimum absolute atomic E-state index is 0.120. The van der Waals surface area contributed by atoms with Crippen LogP contribution in [0.3, 0.4) is 0 Å². The van der Waals surface area contributed by atoms with Crippen LogP contribution in [0.4, 0.5) is 17.1 Å². The van der Waals surface area contributed by atoms with E-state index in [0.29, 0.717) is 123 Å². The molecule has 0 saturated carbocycles. The van der Waals surface area contributed by atoms with Gasteiger partial charge in [-0.15, -0.1) is 0 Å². The van der Waals surface area contributed by atoms with Gasteiger partial charge in [-0.1, -0.05) is 114 Å². The Bertz CT molecular complexity index is 4390. The molecule has 0 bridgehead atoms. The standard InChI is InChI=1S/3C24H20N2O5.C2H4O2/c3*1-24(2)10-16-20(18(28)11-24)19(15-9-12(26(30)31)7-8-17(15)27)21-22(25-16)13-5-3-4-6-14(13)23(21)29;1-2(3)4/h3*3-9,19,25,27H,10-11H2,1-2H3;1H3,(H,3,4). The van der Waals surface area contributed by atoms with Gasteiger partial charge in [0.2, 0.25) is 0 Å². The third-order valence-electron chi connectivity index (χ3n) is 18.8. The molecule has 0 fully saturated rings. The van der Waals surface area contributed by atoms with Crippen molar-refractivity contribution in [2.75, 3.05) is 0 Å². The second-order valence-electron chi connectivity index (χ2n) is 27.7. The van der Waals surface area contributed by atoms with Gasteiger partial charge in [0.25, 0.3) is 23.0 Å². The van der Waals surface area contributed by atoms with Crippen LogP contribution in [0, 0.1) is 46.6 Å². The quantitative estimate of drug-likeness (QED) is 0.0601. The summed E-state index contributed by atoms with van der Waals surface area (Å²) >= 11 is 0. The minimum Gasteiger partial charge on any atom is -0.508 e. The zero-order valence-electron chi connectivity index (χ0n) is 53.5. The number of nitro groups is 3. The molecule has 15 rings (SSSR count). The Kier molecular flexibility index (Phi) is 16.1. The first-order chi connectivity index (χ1) is 45.8. The SMILES string of the molecule is CC(=O)O.CC1(C)CC(=O)C2=C(C1)NC1=C(C(=O)c3ccccc31)C2c1cc([N+](=O)[O-])ccc1O.CC1(C)CC(=O)C2=C(C1)NC1=C(C(=O)c3ccccc31)C2c1cc([N+](=O)[O-])ccc1O.CC1(C)CC(=O)C2=C(C1)NC1=C(C(=O)c3ccccc31)C2c1cc([N+](=O)[O-])ccc1O. The molecule has 97 heavy (non-hydrogen) atoms. The van der Waals surface area contributed by atoms with E-state index in [4.69, 9.17) is 9.90 Å². The first-order valence-electron chi connectivity index (χ1n) is 31.1. The number of carbonyl (C=O) groups excluding carboxylic acids is 6. The number of Topliss-reactive ketones (excluding diaryl/α,β-unsaturated/α-hetero) is 6. The molecule has 0 amide bonds. The Balaban J connectivity index is 0.000000135. The second kappa shape index (κ2) is 23.9. The maximum Gasteiger partial charge on any atom is 0.300 e. The molecule has 0 spiro atoms. The number of fused-ring (bicyclic) bond motifs is 6. The molecule has 0 saturated heterocycles. The zero-order valence-corrected chi connectivity index (χ0v) is 53.5. The Labute approximate surface area is 553 Å². The van der Waals surface area contributed by atoms with Crippen molar-refractivity contribution in [1.82, 2.24) is 16.0 Å². The highest BCUT2D eigenvalue weighted by Crippen LogP contribution is 2.57. The van der Waals surface area contributed by atoms with Crippen molar-refractivity contribution in [2.24, 2.45) is 16.2 Å². The summed E-state index contributed by atoms with van der Waals surface area (Å²) in [5.41, 5.74) is 9.19. The number of dihydropyridines is 3. The van der Waals surface area contributed by atoms with Crippen molar-refractivity contribution < 1.29 is 68.8 Å². The average molecular weight is 1310 g/mol. The number of hydrogen-bond donors (Lipinski definition) is 7. The molecular formula is C74H64N6O17. The van der Waals surface area contributed by atoms with Crippen molar-refractivity contribution in [2.45, 2.75) is 105 Å². The molecule has 3 atom stereocenters.